The van der Waals surface area contributed by atoms with E-state index < -0.39 is 0 Å². The zero-order valence-corrected chi connectivity index (χ0v) is 13.2. The van der Waals surface area contributed by atoms with Gasteiger partial charge in [0.05, 0.1) is 11.4 Å². The summed E-state index contributed by atoms with van der Waals surface area (Å²) in [5, 5.41) is 10.5. The molecule has 0 amide bonds. The average molecular weight is 324 g/mol. The Labute approximate surface area is 135 Å². The summed E-state index contributed by atoms with van der Waals surface area (Å²) in [5.74, 6) is 0. The predicted octanol–water partition coefficient (Wildman–Crippen LogP) is 4.86. The van der Waals surface area contributed by atoms with Crippen LogP contribution in [0.4, 0.5) is 11.4 Å². The molecular formula is C17H12N2OS2. The van der Waals surface area contributed by atoms with Crippen molar-refractivity contribution in [3.05, 3.63) is 75.0 Å². The molecule has 0 aliphatic rings. The van der Waals surface area contributed by atoms with Crippen LogP contribution in [-0.4, -0.2) is 4.57 Å². The molecule has 5 heteroatoms. The van der Waals surface area contributed by atoms with Gasteiger partial charge in [0.25, 0.3) is 5.56 Å². The number of nitrogens with zero attached hydrogens (tertiary/aromatic N) is 1. The van der Waals surface area contributed by atoms with E-state index in [1.165, 1.54) is 0 Å². The summed E-state index contributed by atoms with van der Waals surface area (Å²) < 4.78 is 1.77. The van der Waals surface area contributed by atoms with Crippen molar-refractivity contribution >= 4 is 44.3 Å². The van der Waals surface area contributed by atoms with Crippen LogP contribution in [0.5, 0.6) is 0 Å². The maximum atomic E-state index is 12.3. The molecule has 1 N–H and O–H groups in total. The first-order valence-electron chi connectivity index (χ1n) is 6.81. The Bertz CT molecular complexity index is 969. The normalized spacial score (nSPS) is 10.9. The lowest BCUT2D eigenvalue weighted by atomic mass is 10.2. The van der Waals surface area contributed by atoms with Gasteiger partial charge in [0, 0.05) is 27.9 Å². The van der Waals surface area contributed by atoms with E-state index >= 15 is 0 Å². The van der Waals surface area contributed by atoms with Crippen LogP contribution in [0.1, 0.15) is 0 Å². The molecule has 0 unspecified atom stereocenters. The number of fused-ring (bicyclic) bond motifs is 1. The lowest BCUT2D eigenvalue weighted by Crippen LogP contribution is -2.15. The average Bonchev–Trinajstić information content (AvgIpc) is 3.19. The van der Waals surface area contributed by atoms with Crippen LogP contribution in [0.3, 0.4) is 0 Å². The molecule has 0 atom stereocenters. The fourth-order valence-electron chi connectivity index (χ4n) is 2.42. The van der Waals surface area contributed by atoms with Gasteiger partial charge in [0.2, 0.25) is 0 Å². The van der Waals surface area contributed by atoms with Gasteiger partial charge in [0.15, 0.2) is 0 Å². The number of rotatable bonds is 3. The molecule has 4 aromatic rings. The molecule has 4 rings (SSSR count). The van der Waals surface area contributed by atoms with E-state index in [9.17, 15) is 4.79 Å². The van der Waals surface area contributed by atoms with Crippen molar-refractivity contribution in [2.45, 2.75) is 0 Å². The molecule has 3 nitrogen and oxygen atoms in total. The van der Waals surface area contributed by atoms with Crippen molar-refractivity contribution in [3.8, 4) is 5.69 Å². The Morgan fingerprint density at radius 2 is 1.82 bits per heavy atom. The summed E-state index contributed by atoms with van der Waals surface area (Å²) in [7, 11) is 0. The molecule has 0 fully saturated rings. The molecule has 3 heterocycles. The molecule has 108 valence electrons. The van der Waals surface area contributed by atoms with Gasteiger partial charge in [-0.15, -0.1) is 11.3 Å². The number of benzene rings is 1. The van der Waals surface area contributed by atoms with Gasteiger partial charge in [-0.05, 0) is 29.6 Å². The van der Waals surface area contributed by atoms with Gasteiger partial charge in [0.1, 0.15) is 4.83 Å². The van der Waals surface area contributed by atoms with Gasteiger partial charge in [-0.25, -0.2) is 0 Å². The summed E-state index contributed by atoms with van der Waals surface area (Å²) >= 11 is 3.17. The van der Waals surface area contributed by atoms with Gasteiger partial charge in [-0.1, -0.05) is 18.2 Å². The van der Waals surface area contributed by atoms with Crippen LogP contribution in [0.15, 0.2) is 69.5 Å². The second-order valence-electron chi connectivity index (χ2n) is 4.85. The van der Waals surface area contributed by atoms with Crippen molar-refractivity contribution in [1.82, 2.24) is 4.57 Å². The molecule has 22 heavy (non-hydrogen) atoms. The molecule has 1 aromatic carbocycles. The number of thiophene rings is 2. The van der Waals surface area contributed by atoms with Crippen LogP contribution in [0.2, 0.25) is 0 Å². The molecule has 0 saturated heterocycles. The molecule has 0 saturated carbocycles. The topological polar surface area (TPSA) is 34.0 Å². The molecule has 0 bridgehead atoms. The molecule has 0 aliphatic carbocycles. The largest absolute Gasteiger partial charge is 0.354 e. The highest BCUT2D eigenvalue weighted by Crippen LogP contribution is 2.32. The number of pyridine rings is 1. The Hall–Kier alpha value is -2.37. The van der Waals surface area contributed by atoms with Gasteiger partial charge in [-0.3, -0.25) is 9.36 Å². The zero-order valence-electron chi connectivity index (χ0n) is 11.5. The Kier molecular flexibility index (Phi) is 3.29. The van der Waals surface area contributed by atoms with Gasteiger partial charge >= 0.3 is 0 Å². The van der Waals surface area contributed by atoms with E-state index in [1.807, 2.05) is 53.2 Å². The van der Waals surface area contributed by atoms with E-state index in [2.05, 4.69) is 10.7 Å². The third-order valence-electron chi connectivity index (χ3n) is 3.44. The Morgan fingerprint density at radius 3 is 2.59 bits per heavy atom. The number of anilines is 2. The minimum atomic E-state index is -0.000916. The summed E-state index contributed by atoms with van der Waals surface area (Å²) in [5.41, 5.74) is 2.98. The zero-order chi connectivity index (χ0) is 14.9. The standard InChI is InChI=1S/C17H12N2OS2/c20-16-7-6-14-15(18-12-4-2-1-3-5-12)11-22-17(14)19(16)13-8-9-21-10-13/h1-11,18H. The Balaban J connectivity index is 1.87. The quantitative estimate of drug-likeness (QED) is 0.584. The fourth-order valence-corrected chi connectivity index (χ4v) is 4.06. The van der Waals surface area contributed by atoms with E-state index in [0.717, 1.165) is 27.3 Å². The number of aromatic nitrogens is 1. The van der Waals surface area contributed by atoms with Crippen LogP contribution >= 0.6 is 22.7 Å². The monoisotopic (exact) mass is 324 g/mol. The fraction of sp³-hybridized carbons (Fsp3) is 0. The maximum absolute atomic E-state index is 12.3. The highest BCUT2D eigenvalue weighted by molar-refractivity contribution is 7.17. The first kappa shape index (κ1) is 13.3. The first-order chi connectivity index (χ1) is 10.8. The lowest BCUT2D eigenvalue weighted by Gasteiger charge is -2.07. The minimum absolute atomic E-state index is 0.000916. The number of nitrogens with one attached hydrogen (secondary N) is 1. The third kappa shape index (κ3) is 2.24. The number of hydrogen-bond acceptors (Lipinski definition) is 4. The van der Waals surface area contributed by atoms with Crippen LogP contribution in [0, 0.1) is 0 Å². The molecule has 0 spiro atoms. The van der Waals surface area contributed by atoms with E-state index in [0.29, 0.717) is 0 Å². The lowest BCUT2D eigenvalue weighted by molar-refractivity contribution is 1.06. The Morgan fingerprint density at radius 1 is 0.955 bits per heavy atom. The van der Waals surface area contributed by atoms with E-state index in [1.54, 1.807) is 33.3 Å². The second-order valence-corrected chi connectivity index (χ2v) is 6.49. The highest BCUT2D eigenvalue weighted by atomic mass is 32.1. The van der Waals surface area contributed by atoms with Crippen molar-refractivity contribution in [3.63, 3.8) is 0 Å². The SMILES string of the molecule is O=c1ccc2c(Nc3ccccc3)csc2n1-c1ccsc1. The smallest absolute Gasteiger partial charge is 0.256 e. The summed E-state index contributed by atoms with van der Waals surface area (Å²) in [6, 6.07) is 15.5. The second kappa shape index (κ2) is 5.44. The van der Waals surface area contributed by atoms with Gasteiger partial charge < -0.3 is 5.32 Å². The number of para-hydroxylation sites is 1. The molecule has 0 aliphatic heterocycles. The third-order valence-corrected chi connectivity index (χ3v) is 5.09. The van der Waals surface area contributed by atoms with Crippen molar-refractivity contribution in [2.75, 3.05) is 5.32 Å². The first-order valence-corrected chi connectivity index (χ1v) is 8.63. The molecule has 3 aromatic heterocycles. The highest BCUT2D eigenvalue weighted by Gasteiger charge is 2.11. The number of hydrogen-bond donors (Lipinski definition) is 1. The van der Waals surface area contributed by atoms with Crippen LogP contribution in [0.25, 0.3) is 15.9 Å². The van der Waals surface area contributed by atoms with Crippen molar-refractivity contribution in [1.29, 1.82) is 0 Å². The molecular weight excluding hydrogens is 312 g/mol. The maximum Gasteiger partial charge on any atom is 0.256 e. The molecule has 0 radical (unpaired) electrons. The van der Waals surface area contributed by atoms with Crippen molar-refractivity contribution < 1.29 is 0 Å². The van der Waals surface area contributed by atoms with E-state index in [-0.39, 0.29) is 5.56 Å². The minimum Gasteiger partial charge on any atom is -0.354 e. The van der Waals surface area contributed by atoms with Crippen LogP contribution < -0.4 is 10.9 Å². The summed E-state index contributed by atoms with van der Waals surface area (Å²) in [6.45, 7) is 0. The van der Waals surface area contributed by atoms with Gasteiger partial charge in [-0.2, -0.15) is 11.3 Å². The van der Waals surface area contributed by atoms with Crippen molar-refractivity contribution in [2.24, 2.45) is 0 Å². The van der Waals surface area contributed by atoms with Crippen LogP contribution in [-0.2, 0) is 0 Å². The summed E-state index contributed by atoms with van der Waals surface area (Å²) in [4.78, 5) is 13.2. The predicted molar refractivity (Wildman–Crippen MR) is 95.0 cm³/mol. The summed E-state index contributed by atoms with van der Waals surface area (Å²) in [6.07, 6.45) is 0. The van der Waals surface area contributed by atoms with E-state index in [4.69, 9.17) is 0 Å².